The van der Waals surface area contributed by atoms with Crippen molar-refractivity contribution in [2.75, 3.05) is 5.32 Å². The van der Waals surface area contributed by atoms with Gasteiger partial charge in [-0.1, -0.05) is 18.5 Å². The molecule has 1 aromatic heterocycles. The summed E-state index contributed by atoms with van der Waals surface area (Å²) >= 11 is 7.48. The van der Waals surface area contributed by atoms with Gasteiger partial charge in [-0.25, -0.2) is 0 Å². The maximum Gasteiger partial charge on any atom is 0.129 e. The highest BCUT2D eigenvalue weighted by Gasteiger charge is 2.22. The standard InChI is InChI=1S/C12H14ClN3S/c1-7-2-3-8(6-7)14-11-9(13)4-5-10-12(11)16-17-15-10/h4-5,7-8,14H,2-3,6H2,1H3. The highest BCUT2D eigenvalue weighted by Crippen LogP contribution is 2.34. The fourth-order valence-corrected chi connectivity index (χ4v) is 3.26. The first-order valence-electron chi connectivity index (χ1n) is 5.91. The van der Waals surface area contributed by atoms with E-state index >= 15 is 0 Å². The van der Waals surface area contributed by atoms with Crippen molar-refractivity contribution in [3.8, 4) is 0 Å². The molecule has 0 aliphatic heterocycles. The van der Waals surface area contributed by atoms with Crippen LogP contribution in [0.3, 0.4) is 0 Å². The molecule has 3 rings (SSSR count). The van der Waals surface area contributed by atoms with Gasteiger partial charge in [-0.3, -0.25) is 0 Å². The fourth-order valence-electron chi connectivity index (χ4n) is 2.51. The Morgan fingerprint density at radius 1 is 1.35 bits per heavy atom. The van der Waals surface area contributed by atoms with Crippen molar-refractivity contribution in [1.29, 1.82) is 0 Å². The van der Waals surface area contributed by atoms with Gasteiger partial charge in [0.1, 0.15) is 11.0 Å². The van der Waals surface area contributed by atoms with Crippen LogP contribution in [0.25, 0.3) is 11.0 Å². The van der Waals surface area contributed by atoms with Gasteiger partial charge in [-0.15, -0.1) is 0 Å². The van der Waals surface area contributed by atoms with E-state index in [4.69, 9.17) is 11.6 Å². The average molecular weight is 268 g/mol. The van der Waals surface area contributed by atoms with Crippen molar-refractivity contribution in [1.82, 2.24) is 8.75 Å². The predicted octanol–water partition coefficient (Wildman–Crippen LogP) is 3.95. The normalized spacial score (nSPS) is 24.4. The molecule has 3 nitrogen and oxygen atoms in total. The van der Waals surface area contributed by atoms with Gasteiger partial charge in [0.15, 0.2) is 0 Å². The highest BCUT2D eigenvalue weighted by molar-refractivity contribution is 7.00. The molecular weight excluding hydrogens is 254 g/mol. The third-order valence-electron chi connectivity index (χ3n) is 3.42. The molecule has 0 radical (unpaired) electrons. The lowest BCUT2D eigenvalue weighted by atomic mass is 10.1. The van der Waals surface area contributed by atoms with Gasteiger partial charge < -0.3 is 5.32 Å². The van der Waals surface area contributed by atoms with Crippen molar-refractivity contribution in [2.24, 2.45) is 5.92 Å². The second-order valence-corrected chi connectivity index (χ2v) is 5.75. The summed E-state index contributed by atoms with van der Waals surface area (Å²) in [5.41, 5.74) is 2.78. The summed E-state index contributed by atoms with van der Waals surface area (Å²) in [6, 6.07) is 4.34. The third-order valence-corrected chi connectivity index (χ3v) is 4.28. The maximum atomic E-state index is 6.25. The number of hydrogen-bond donors (Lipinski definition) is 1. The minimum Gasteiger partial charge on any atom is -0.379 e. The molecular formula is C12H14ClN3S. The number of nitrogens with one attached hydrogen (secondary N) is 1. The zero-order valence-corrected chi connectivity index (χ0v) is 11.2. The molecule has 1 aliphatic carbocycles. The monoisotopic (exact) mass is 267 g/mol. The molecule has 5 heteroatoms. The van der Waals surface area contributed by atoms with E-state index in [1.165, 1.54) is 31.0 Å². The zero-order valence-electron chi connectivity index (χ0n) is 9.61. The van der Waals surface area contributed by atoms with Crippen molar-refractivity contribution in [2.45, 2.75) is 32.2 Å². The Morgan fingerprint density at radius 3 is 3.00 bits per heavy atom. The number of benzene rings is 1. The minimum atomic E-state index is 0.523. The molecule has 90 valence electrons. The lowest BCUT2D eigenvalue weighted by Gasteiger charge is -2.15. The topological polar surface area (TPSA) is 37.8 Å². The van der Waals surface area contributed by atoms with E-state index in [-0.39, 0.29) is 0 Å². The van der Waals surface area contributed by atoms with Crippen LogP contribution in [0, 0.1) is 5.92 Å². The molecule has 0 saturated heterocycles. The smallest absolute Gasteiger partial charge is 0.129 e. The van der Waals surface area contributed by atoms with E-state index in [0.29, 0.717) is 6.04 Å². The Kier molecular flexibility index (Phi) is 2.92. The van der Waals surface area contributed by atoms with Gasteiger partial charge in [-0.05, 0) is 37.3 Å². The number of anilines is 1. The van der Waals surface area contributed by atoms with Gasteiger partial charge in [-0.2, -0.15) is 8.75 Å². The number of rotatable bonds is 2. The van der Waals surface area contributed by atoms with E-state index in [0.717, 1.165) is 27.7 Å². The van der Waals surface area contributed by atoms with E-state index in [1.807, 2.05) is 12.1 Å². The summed E-state index contributed by atoms with van der Waals surface area (Å²) in [5, 5.41) is 4.28. The Bertz CT molecular complexity index is 540. The second-order valence-electron chi connectivity index (χ2n) is 4.81. The van der Waals surface area contributed by atoms with Crippen LogP contribution in [-0.2, 0) is 0 Å². The van der Waals surface area contributed by atoms with Gasteiger partial charge in [0, 0.05) is 6.04 Å². The van der Waals surface area contributed by atoms with Crippen molar-refractivity contribution < 1.29 is 0 Å². The Balaban J connectivity index is 1.93. The maximum absolute atomic E-state index is 6.25. The summed E-state index contributed by atoms with van der Waals surface area (Å²) in [7, 11) is 0. The second kappa shape index (κ2) is 4.42. The van der Waals surface area contributed by atoms with E-state index < -0.39 is 0 Å². The van der Waals surface area contributed by atoms with Gasteiger partial charge >= 0.3 is 0 Å². The predicted molar refractivity (Wildman–Crippen MR) is 72.9 cm³/mol. The lowest BCUT2D eigenvalue weighted by Crippen LogP contribution is -2.15. The average Bonchev–Trinajstić information content (AvgIpc) is 2.91. The lowest BCUT2D eigenvalue weighted by molar-refractivity contribution is 0.603. The van der Waals surface area contributed by atoms with Gasteiger partial charge in [0.2, 0.25) is 0 Å². The summed E-state index contributed by atoms with van der Waals surface area (Å²) < 4.78 is 8.57. The highest BCUT2D eigenvalue weighted by atomic mass is 35.5. The largest absolute Gasteiger partial charge is 0.379 e. The number of aromatic nitrogens is 2. The summed E-state index contributed by atoms with van der Waals surface area (Å²) in [4.78, 5) is 0. The van der Waals surface area contributed by atoms with Crippen LogP contribution < -0.4 is 5.32 Å². The van der Waals surface area contributed by atoms with Crippen molar-refractivity contribution in [3.05, 3.63) is 17.2 Å². The van der Waals surface area contributed by atoms with Crippen LogP contribution in [0.5, 0.6) is 0 Å². The first-order chi connectivity index (χ1) is 8.24. The van der Waals surface area contributed by atoms with Crippen LogP contribution in [-0.4, -0.2) is 14.8 Å². The molecule has 1 aliphatic rings. The number of nitrogens with zero attached hydrogens (tertiary/aromatic N) is 2. The van der Waals surface area contributed by atoms with Crippen molar-refractivity contribution in [3.63, 3.8) is 0 Å². The summed E-state index contributed by atoms with van der Waals surface area (Å²) in [5.74, 6) is 0.805. The molecule has 0 bridgehead atoms. The number of hydrogen-bond acceptors (Lipinski definition) is 4. The summed E-state index contributed by atoms with van der Waals surface area (Å²) in [6.07, 6.45) is 3.72. The minimum absolute atomic E-state index is 0.523. The van der Waals surface area contributed by atoms with E-state index in [2.05, 4.69) is 21.0 Å². The van der Waals surface area contributed by atoms with Crippen LogP contribution in [0.4, 0.5) is 5.69 Å². The molecule has 2 unspecified atom stereocenters. The first kappa shape index (κ1) is 11.2. The van der Waals surface area contributed by atoms with Crippen LogP contribution in [0.15, 0.2) is 12.1 Å². The summed E-state index contributed by atoms with van der Waals surface area (Å²) in [6.45, 7) is 2.30. The fraction of sp³-hybridized carbons (Fsp3) is 0.500. The molecule has 17 heavy (non-hydrogen) atoms. The van der Waals surface area contributed by atoms with E-state index in [9.17, 15) is 0 Å². The van der Waals surface area contributed by atoms with Crippen LogP contribution >= 0.6 is 23.3 Å². The third kappa shape index (κ3) is 2.11. The Labute approximate surface area is 110 Å². The zero-order chi connectivity index (χ0) is 11.8. The molecule has 2 atom stereocenters. The molecule has 1 fully saturated rings. The van der Waals surface area contributed by atoms with Gasteiger partial charge in [0.25, 0.3) is 0 Å². The number of halogens is 1. The molecule has 1 N–H and O–H groups in total. The Hall–Kier alpha value is -0.870. The van der Waals surface area contributed by atoms with Crippen LogP contribution in [0.1, 0.15) is 26.2 Å². The molecule has 0 spiro atoms. The quantitative estimate of drug-likeness (QED) is 0.895. The number of fused-ring (bicyclic) bond motifs is 1. The molecule has 1 aromatic carbocycles. The SMILES string of the molecule is CC1CCC(Nc2c(Cl)ccc3nsnc23)C1. The van der Waals surface area contributed by atoms with Gasteiger partial charge in [0.05, 0.1) is 22.4 Å². The molecule has 0 amide bonds. The first-order valence-corrected chi connectivity index (χ1v) is 7.02. The molecule has 2 aromatic rings. The molecule has 1 saturated carbocycles. The Morgan fingerprint density at radius 2 is 2.24 bits per heavy atom. The van der Waals surface area contributed by atoms with Crippen molar-refractivity contribution >= 4 is 40.0 Å². The molecule has 1 heterocycles. The van der Waals surface area contributed by atoms with Crippen LogP contribution in [0.2, 0.25) is 5.02 Å². The van der Waals surface area contributed by atoms with E-state index in [1.54, 1.807) is 0 Å².